The number of carbonyl (C=O) groups excluding carboxylic acids is 4. The lowest BCUT2D eigenvalue weighted by Gasteiger charge is -2.17. The van der Waals surface area contributed by atoms with Crippen LogP contribution in [0.15, 0.2) is 54.6 Å². The summed E-state index contributed by atoms with van der Waals surface area (Å²) in [6.07, 6.45) is 0. The molecule has 0 bridgehead atoms. The Kier molecular flexibility index (Phi) is 5.43. The van der Waals surface area contributed by atoms with Crippen LogP contribution in [0.4, 0.5) is 11.4 Å². The summed E-state index contributed by atoms with van der Waals surface area (Å²) in [6, 6.07) is 13.5. The minimum Gasteiger partial charge on any atom is -0.506 e. The van der Waals surface area contributed by atoms with Gasteiger partial charge in [0.05, 0.1) is 35.2 Å². The normalized spacial score (nSPS) is 12.5. The van der Waals surface area contributed by atoms with Gasteiger partial charge in [0.15, 0.2) is 0 Å². The van der Waals surface area contributed by atoms with E-state index in [0.29, 0.717) is 5.69 Å². The van der Waals surface area contributed by atoms with Gasteiger partial charge in [-0.2, -0.15) is 0 Å². The van der Waals surface area contributed by atoms with E-state index < -0.39 is 23.7 Å². The first-order chi connectivity index (χ1) is 15.7. The fraction of sp³-hybridized carbons (Fsp3) is 0.120. The number of fused-ring (bicyclic) bond motifs is 1. The van der Waals surface area contributed by atoms with Gasteiger partial charge in [-0.1, -0.05) is 12.1 Å². The number of phenolic OH excluding ortho intramolecular Hbond substituents is 1. The number of aryl methyl sites for hydroxylation is 1. The number of esters is 1. The topological polar surface area (TPSA) is 113 Å². The zero-order valence-corrected chi connectivity index (χ0v) is 18.1. The molecule has 8 heteroatoms. The molecule has 0 unspecified atom stereocenters. The van der Waals surface area contributed by atoms with Gasteiger partial charge in [-0.25, -0.2) is 9.69 Å². The fourth-order valence-corrected chi connectivity index (χ4v) is 3.66. The van der Waals surface area contributed by atoms with E-state index in [1.807, 2.05) is 19.9 Å². The van der Waals surface area contributed by atoms with Crippen molar-refractivity contribution in [2.24, 2.45) is 0 Å². The maximum absolute atomic E-state index is 13.1. The zero-order valence-electron chi connectivity index (χ0n) is 18.1. The summed E-state index contributed by atoms with van der Waals surface area (Å²) in [7, 11) is 1.22. The second-order valence-electron chi connectivity index (χ2n) is 7.60. The number of aromatic hydroxyl groups is 1. The number of anilines is 2. The summed E-state index contributed by atoms with van der Waals surface area (Å²) in [4.78, 5) is 51.5. The molecule has 1 aliphatic heterocycles. The molecule has 0 saturated heterocycles. The van der Waals surface area contributed by atoms with Crippen molar-refractivity contribution in [1.82, 2.24) is 0 Å². The van der Waals surface area contributed by atoms with E-state index in [2.05, 4.69) is 10.1 Å². The molecule has 166 valence electrons. The first-order valence-corrected chi connectivity index (χ1v) is 10.0. The summed E-state index contributed by atoms with van der Waals surface area (Å²) in [5, 5.41) is 12.7. The second-order valence-corrected chi connectivity index (χ2v) is 7.60. The second kappa shape index (κ2) is 8.23. The first-order valence-electron chi connectivity index (χ1n) is 10.0. The van der Waals surface area contributed by atoms with Gasteiger partial charge in [0.2, 0.25) is 0 Å². The Balaban J connectivity index is 1.61. The molecule has 3 aromatic rings. The van der Waals surface area contributed by atoms with E-state index >= 15 is 0 Å². The molecule has 0 saturated carbocycles. The van der Waals surface area contributed by atoms with Gasteiger partial charge in [0, 0.05) is 5.56 Å². The number of carbonyl (C=O) groups is 4. The molecule has 0 radical (unpaired) electrons. The van der Waals surface area contributed by atoms with Gasteiger partial charge < -0.3 is 15.2 Å². The molecule has 0 atom stereocenters. The third kappa shape index (κ3) is 3.71. The standard InChI is InChI=1S/C25H20N2O6/c1-13-5-4-6-20(14(13)2)27-23(30)17-9-7-15(11-18(17)24(27)31)22(29)26-19-10-8-16(12-21(19)28)25(32)33-3/h4-12,28H,1-3H3,(H,26,29). The fourth-order valence-electron chi connectivity index (χ4n) is 3.66. The van der Waals surface area contributed by atoms with Crippen molar-refractivity contribution in [1.29, 1.82) is 0 Å². The van der Waals surface area contributed by atoms with Crippen LogP contribution in [-0.2, 0) is 4.74 Å². The largest absolute Gasteiger partial charge is 0.506 e. The highest BCUT2D eigenvalue weighted by atomic mass is 16.5. The van der Waals surface area contributed by atoms with E-state index in [1.54, 1.807) is 12.1 Å². The average Bonchev–Trinajstić information content (AvgIpc) is 3.06. The van der Waals surface area contributed by atoms with Crippen molar-refractivity contribution >= 4 is 35.1 Å². The van der Waals surface area contributed by atoms with Crippen molar-refractivity contribution in [2.75, 3.05) is 17.3 Å². The SMILES string of the molecule is COC(=O)c1ccc(NC(=O)c2ccc3c(c2)C(=O)N(c2cccc(C)c2C)C3=O)c(O)c1. The number of hydrogen-bond donors (Lipinski definition) is 2. The third-order valence-corrected chi connectivity index (χ3v) is 5.63. The quantitative estimate of drug-likeness (QED) is 0.359. The monoisotopic (exact) mass is 444 g/mol. The van der Waals surface area contributed by atoms with Gasteiger partial charge in [-0.05, 0) is 67.4 Å². The van der Waals surface area contributed by atoms with E-state index in [1.165, 1.54) is 43.5 Å². The van der Waals surface area contributed by atoms with Gasteiger partial charge in [-0.3, -0.25) is 14.4 Å². The highest BCUT2D eigenvalue weighted by Crippen LogP contribution is 2.32. The van der Waals surface area contributed by atoms with Gasteiger partial charge >= 0.3 is 5.97 Å². The van der Waals surface area contributed by atoms with E-state index in [0.717, 1.165) is 16.0 Å². The van der Waals surface area contributed by atoms with Crippen LogP contribution in [0.2, 0.25) is 0 Å². The highest BCUT2D eigenvalue weighted by molar-refractivity contribution is 6.35. The molecule has 2 N–H and O–H groups in total. The summed E-state index contributed by atoms with van der Waals surface area (Å²) in [6.45, 7) is 3.73. The van der Waals surface area contributed by atoms with Gasteiger partial charge in [0.1, 0.15) is 5.75 Å². The summed E-state index contributed by atoms with van der Waals surface area (Å²) >= 11 is 0. The molecule has 3 amide bonds. The number of amides is 3. The number of methoxy groups -OCH3 is 1. The zero-order chi connectivity index (χ0) is 23.9. The molecule has 33 heavy (non-hydrogen) atoms. The number of nitrogens with zero attached hydrogens (tertiary/aromatic N) is 1. The molecule has 3 aromatic carbocycles. The number of rotatable bonds is 4. The van der Waals surface area contributed by atoms with Crippen LogP contribution in [-0.4, -0.2) is 35.9 Å². The lowest BCUT2D eigenvalue weighted by molar-refractivity contribution is 0.0600. The maximum Gasteiger partial charge on any atom is 0.337 e. The first kappa shape index (κ1) is 21.8. The highest BCUT2D eigenvalue weighted by Gasteiger charge is 2.38. The minimum atomic E-state index is -0.627. The molecular weight excluding hydrogens is 424 g/mol. The number of imide groups is 1. The Labute approximate surface area is 189 Å². The molecule has 0 fully saturated rings. The number of hydrogen-bond acceptors (Lipinski definition) is 6. The molecule has 4 rings (SSSR count). The molecule has 0 spiro atoms. The molecule has 1 aliphatic rings. The van der Waals surface area contributed by atoms with E-state index in [-0.39, 0.29) is 33.7 Å². The van der Waals surface area contributed by atoms with Gasteiger partial charge in [0.25, 0.3) is 17.7 Å². The number of ether oxygens (including phenoxy) is 1. The number of phenols is 1. The Morgan fingerprint density at radius 3 is 2.30 bits per heavy atom. The van der Waals surface area contributed by atoms with E-state index in [4.69, 9.17) is 0 Å². The van der Waals surface area contributed by atoms with E-state index in [9.17, 15) is 24.3 Å². The summed E-state index contributed by atoms with van der Waals surface area (Å²) in [5.41, 5.74) is 2.94. The van der Waals surface area contributed by atoms with Crippen molar-refractivity contribution in [2.45, 2.75) is 13.8 Å². The maximum atomic E-state index is 13.1. The predicted octanol–water partition coefficient (Wildman–Crippen LogP) is 3.85. The van der Waals surface area contributed by atoms with Crippen LogP contribution in [0.1, 0.15) is 52.6 Å². The lowest BCUT2D eigenvalue weighted by Crippen LogP contribution is -2.30. The Morgan fingerprint density at radius 2 is 1.61 bits per heavy atom. The third-order valence-electron chi connectivity index (χ3n) is 5.63. The van der Waals surface area contributed by atoms with Crippen molar-refractivity contribution in [3.8, 4) is 5.75 Å². The minimum absolute atomic E-state index is 0.0765. The molecule has 8 nitrogen and oxygen atoms in total. The summed E-state index contributed by atoms with van der Waals surface area (Å²) in [5.74, 6) is -2.50. The Bertz CT molecular complexity index is 1340. The van der Waals surface area contributed by atoms with Crippen molar-refractivity contribution < 1.29 is 29.0 Å². The van der Waals surface area contributed by atoms with Crippen LogP contribution in [0.3, 0.4) is 0 Å². The molecular formula is C25H20N2O6. The van der Waals surface area contributed by atoms with Crippen LogP contribution >= 0.6 is 0 Å². The number of nitrogens with one attached hydrogen (secondary N) is 1. The van der Waals surface area contributed by atoms with Crippen molar-refractivity contribution in [3.05, 3.63) is 88.0 Å². The Hall–Kier alpha value is -4.46. The van der Waals surface area contributed by atoms with Crippen LogP contribution in [0, 0.1) is 13.8 Å². The summed E-state index contributed by atoms with van der Waals surface area (Å²) < 4.78 is 4.60. The predicted molar refractivity (Wildman–Crippen MR) is 121 cm³/mol. The smallest absolute Gasteiger partial charge is 0.337 e. The number of benzene rings is 3. The Morgan fingerprint density at radius 1 is 0.909 bits per heavy atom. The van der Waals surface area contributed by atoms with Crippen molar-refractivity contribution in [3.63, 3.8) is 0 Å². The van der Waals surface area contributed by atoms with Crippen LogP contribution in [0.5, 0.6) is 5.75 Å². The molecule has 1 heterocycles. The van der Waals surface area contributed by atoms with Gasteiger partial charge in [-0.15, -0.1) is 0 Å². The van der Waals surface area contributed by atoms with Crippen LogP contribution in [0.25, 0.3) is 0 Å². The molecule has 0 aromatic heterocycles. The lowest BCUT2D eigenvalue weighted by atomic mass is 10.1. The average molecular weight is 444 g/mol. The van der Waals surface area contributed by atoms with Crippen LogP contribution < -0.4 is 10.2 Å². The molecule has 0 aliphatic carbocycles.